The number of rotatable bonds is 3. The summed E-state index contributed by atoms with van der Waals surface area (Å²) in [6.07, 6.45) is 0. The van der Waals surface area contributed by atoms with Crippen LogP contribution < -0.4 is 5.46 Å². The van der Waals surface area contributed by atoms with Crippen LogP contribution in [0.4, 0.5) is 0 Å². The van der Waals surface area contributed by atoms with Crippen LogP contribution in [0, 0.1) is 0 Å². The molecule has 0 fully saturated rings. The number of hydrogen-bond acceptors (Lipinski definition) is 2. The third-order valence-electron chi connectivity index (χ3n) is 6.47. The van der Waals surface area contributed by atoms with Gasteiger partial charge in [0.1, 0.15) is 0 Å². The Morgan fingerprint density at radius 3 is 1.45 bits per heavy atom. The molecule has 3 heteroatoms. The van der Waals surface area contributed by atoms with Crippen molar-refractivity contribution in [3.63, 3.8) is 0 Å². The normalized spacial score (nSPS) is 11.3. The van der Waals surface area contributed by atoms with Crippen molar-refractivity contribution in [2.75, 3.05) is 0 Å². The molecule has 156 valence electrons. The molecule has 0 bridgehead atoms. The lowest BCUT2D eigenvalue weighted by molar-refractivity contribution is 0.426. The number of fused-ring (bicyclic) bond motifs is 6. The maximum atomic E-state index is 9.85. The van der Waals surface area contributed by atoms with Gasteiger partial charge in [-0.05, 0) is 60.0 Å². The Morgan fingerprint density at radius 2 is 0.909 bits per heavy atom. The average molecular weight is 424 g/mol. The summed E-state index contributed by atoms with van der Waals surface area (Å²) >= 11 is 0. The van der Waals surface area contributed by atoms with E-state index in [4.69, 9.17) is 0 Å². The molecular formula is C30H21BO2. The molecule has 6 aromatic carbocycles. The zero-order valence-electron chi connectivity index (χ0n) is 17.9. The van der Waals surface area contributed by atoms with Gasteiger partial charge in [0, 0.05) is 0 Å². The molecule has 0 heterocycles. The quantitative estimate of drug-likeness (QED) is 0.264. The van der Waals surface area contributed by atoms with E-state index in [0.717, 1.165) is 27.1 Å². The Morgan fingerprint density at radius 1 is 0.424 bits per heavy atom. The fourth-order valence-electron chi connectivity index (χ4n) is 4.98. The van der Waals surface area contributed by atoms with E-state index < -0.39 is 7.12 Å². The van der Waals surface area contributed by atoms with E-state index in [1.165, 1.54) is 27.5 Å². The minimum absolute atomic E-state index is 0.493. The molecule has 33 heavy (non-hydrogen) atoms. The molecule has 0 amide bonds. The van der Waals surface area contributed by atoms with Gasteiger partial charge in [0.05, 0.1) is 0 Å². The summed E-state index contributed by atoms with van der Waals surface area (Å²) in [5.74, 6) is 0. The molecule has 0 unspecified atom stereocenters. The summed E-state index contributed by atoms with van der Waals surface area (Å²) in [6, 6.07) is 39.5. The molecule has 0 spiro atoms. The van der Waals surface area contributed by atoms with Crippen LogP contribution >= 0.6 is 0 Å². The molecule has 0 aliphatic carbocycles. The van der Waals surface area contributed by atoms with Crippen molar-refractivity contribution in [1.82, 2.24) is 0 Å². The van der Waals surface area contributed by atoms with E-state index in [9.17, 15) is 10.0 Å². The predicted octanol–water partition coefficient (Wildman–Crippen LogP) is 6.16. The molecule has 2 nitrogen and oxygen atoms in total. The van der Waals surface area contributed by atoms with Crippen LogP contribution in [0.1, 0.15) is 0 Å². The van der Waals surface area contributed by atoms with E-state index in [-0.39, 0.29) is 0 Å². The first-order chi connectivity index (χ1) is 16.2. The van der Waals surface area contributed by atoms with Crippen LogP contribution in [0.15, 0.2) is 115 Å². The summed E-state index contributed by atoms with van der Waals surface area (Å²) < 4.78 is 0. The maximum absolute atomic E-state index is 9.85. The minimum atomic E-state index is -1.51. The molecule has 0 saturated carbocycles. The smallest absolute Gasteiger partial charge is 0.423 e. The largest absolute Gasteiger partial charge is 0.488 e. The van der Waals surface area contributed by atoms with Crippen LogP contribution in [-0.4, -0.2) is 17.2 Å². The Labute approximate surface area is 192 Å². The van der Waals surface area contributed by atoms with E-state index >= 15 is 0 Å². The second kappa shape index (κ2) is 7.89. The van der Waals surface area contributed by atoms with Crippen LogP contribution in [0.25, 0.3) is 54.6 Å². The maximum Gasteiger partial charge on any atom is 0.488 e. The van der Waals surface area contributed by atoms with Crippen molar-refractivity contribution in [2.24, 2.45) is 0 Å². The first-order valence-electron chi connectivity index (χ1n) is 11.1. The molecule has 0 radical (unpaired) electrons. The highest BCUT2D eigenvalue weighted by Crippen LogP contribution is 2.44. The summed E-state index contributed by atoms with van der Waals surface area (Å²) in [5, 5.41) is 26.5. The second-order valence-corrected chi connectivity index (χ2v) is 8.37. The van der Waals surface area contributed by atoms with Gasteiger partial charge < -0.3 is 10.0 Å². The number of hydrogen-bond donors (Lipinski definition) is 2. The molecule has 6 rings (SSSR count). The van der Waals surface area contributed by atoms with Gasteiger partial charge in [-0.2, -0.15) is 0 Å². The van der Waals surface area contributed by atoms with E-state index in [2.05, 4.69) is 78.9 Å². The molecule has 6 aromatic rings. The highest BCUT2D eigenvalue weighted by molar-refractivity contribution is 6.59. The third kappa shape index (κ3) is 3.22. The van der Waals surface area contributed by atoms with Crippen molar-refractivity contribution in [3.8, 4) is 22.3 Å². The lowest BCUT2D eigenvalue weighted by Gasteiger charge is -2.18. The molecular weight excluding hydrogens is 403 g/mol. The van der Waals surface area contributed by atoms with Crippen LogP contribution in [-0.2, 0) is 0 Å². The molecule has 0 aliphatic rings. The highest BCUT2D eigenvalue weighted by Gasteiger charge is 2.19. The predicted molar refractivity (Wildman–Crippen MR) is 140 cm³/mol. The molecule has 0 saturated heterocycles. The summed E-state index contributed by atoms with van der Waals surface area (Å²) in [5.41, 5.74) is 5.18. The Kier molecular flexibility index (Phi) is 4.72. The van der Waals surface area contributed by atoms with Crippen molar-refractivity contribution in [2.45, 2.75) is 0 Å². The lowest BCUT2D eigenvalue weighted by Crippen LogP contribution is -2.29. The van der Waals surface area contributed by atoms with Crippen molar-refractivity contribution in [3.05, 3.63) is 115 Å². The molecule has 0 aliphatic heterocycles. The zero-order valence-corrected chi connectivity index (χ0v) is 17.9. The first-order valence-corrected chi connectivity index (χ1v) is 11.1. The standard InChI is InChI=1S/C30H21BO2/c32-31(33)22-15-16-27-28(19-22)25-13-7-8-14-26(25)29-23(20-9-3-1-4-10-20)17-18-24(30(27)29)21-11-5-2-6-12-21/h1-19,32-33H. The third-order valence-corrected chi connectivity index (χ3v) is 6.47. The summed E-state index contributed by atoms with van der Waals surface area (Å²) in [7, 11) is -1.51. The van der Waals surface area contributed by atoms with Gasteiger partial charge in [0.15, 0.2) is 0 Å². The fourth-order valence-corrected chi connectivity index (χ4v) is 4.98. The molecule has 0 aromatic heterocycles. The van der Waals surface area contributed by atoms with Gasteiger partial charge in [-0.25, -0.2) is 0 Å². The Bertz CT molecular complexity index is 1620. The molecule has 2 N–H and O–H groups in total. The SMILES string of the molecule is OB(O)c1ccc2c(c1)c1ccccc1c1c(-c3ccccc3)ccc(-c3ccccc3)c21. The molecule has 0 atom stereocenters. The number of benzene rings is 6. The minimum Gasteiger partial charge on any atom is -0.423 e. The van der Waals surface area contributed by atoms with Crippen molar-refractivity contribution in [1.29, 1.82) is 0 Å². The monoisotopic (exact) mass is 424 g/mol. The van der Waals surface area contributed by atoms with Gasteiger partial charge >= 0.3 is 7.12 Å². The van der Waals surface area contributed by atoms with Gasteiger partial charge in [0.2, 0.25) is 0 Å². The first kappa shape index (κ1) is 19.7. The van der Waals surface area contributed by atoms with Gasteiger partial charge in [-0.3, -0.25) is 0 Å². The van der Waals surface area contributed by atoms with E-state index in [1.807, 2.05) is 36.4 Å². The van der Waals surface area contributed by atoms with Gasteiger partial charge in [-0.15, -0.1) is 0 Å². The summed E-state index contributed by atoms with van der Waals surface area (Å²) in [6.45, 7) is 0. The topological polar surface area (TPSA) is 40.5 Å². The highest BCUT2D eigenvalue weighted by atomic mass is 16.4. The van der Waals surface area contributed by atoms with Gasteiger partial charge in [-0.1, -0.05) is 115 Å². The van der Waals surface area contributed by atoms with Crippen molar-refractivity contribution < 1.29 is 10.0 Å². The van der Waals surface area contributed by atoms with E-state index in [1.54, 1.807) is 0 Å². The fraction of sp³-hybridized carbons (Fsp3) is 0. The second-order valence-electron chi connectivity index (χ2n) is 8.37. The van der Waals surface area contributed by atoms with Crippen LogP contribution in [0.5, 0.6) is 0 Å². The van der Waals surface area contributed by atoms with Gasteiger partial charge in [0.25, 0.3) is 0 Å². The summed E-state index contributed by atoms with van der Waals surface area (Å²) in [4.78, 5) is 0. The average Bonchev–Trinajstić information content (AvgIpc) is 2.88. The van der Waals surface area contributed by atoms with E-state index in [0.29, 0.717) is 5.46 Å². The van der Waals surface area contributed by atoms with Crippen molar-refractivity contribution >= 4 is 44.9 Å². The lowest BCUT2D eigenvalue weighted by atomic mass is 9.77. The zero-order chi connectivity index (χ0) is 22.4. The van der Waals surface area contributed by atoms with Crippen LogP contribution in [0.3, 0.4) is 0 Å². The Balaban J connectivity index is 1.88. The van der Waals surface area contributed by atoms with Crippen LogP contribution in [0.2, 0.25) is 0 Å². The Hall–Kier alpha value is -3.92.